The van der Waals surface area contributed by atoms with Gasteiger partial charge in [-0.3, -0.25) is 9.59 Å². The Balaban J connectivity index is 1.76. The van der Waals surface area contributed by atoms with E-state index in [1.54, 1.807) is 43.3 Å². The summed E-state index contributed by atoms with van der Waals surface area (Å²) in [6.45, 7) is 1.67. The number of nitrogens with zero attached hydrogens (tertiary/aromatic N) is 5. The number of phenolic OH excluding ortho intramolecular Hbond substituents is 1. The van der Waals surface area contributed by atoms with Gasteiger partial charge in [0.15, 0.2) is 0 Å². The second kappa shape index (κ2) is 8.75. The summed E-state index contributed by atoms with van der Waals surface area (Å²) in [6, 6.07) is 13.5. The Morgan fingerprint density at radius 3 is 2.72 bits per heavy atom. The summed E-state index contributed by atoms with van der Waals surface area (Å²) < 4.78 is 0. The Labute approximate surface area is 184 Å². The van der Waals surface area contributed by atoms with Gasteiger partial charge < -0.3 is 15.4 Å². The van der Waals surface area contributed by atoms with E-state index in [-0.39, 0.29) is 22.4 Å². The highest BCUT2D eigenvalue weighted by Gasteiger charge is 2.25. The minimum atomic E-state index is -1.35. The maximum absolute atomic E-state index is 13.1. The first kappa shape index (κ1) is 20.8. The number of nitriles is 1. The van der Waals surface area contributed by atoms with Crippen molar-refractivity contribution >= 4 is 39.0 Å². The van der Waals surface area contributed by atoms with Crippen molar-refractivity contribution in [3.63, 3.8) is 0 Å². The van der Waals surface area contributed by atoms with Crippen LogP contribution < -0.4 is 10.9 Å². The highest BCUT2D eigenvalue weighted by atomic mass is 32.1. The lowest BCUT2D eigenvalue weighted by Gasteiger charge is -2.12. The van der Waals surface area contributed by atoms with Crippen molar-refractivity contribution in [3.05, 3.63) is 75.3 Å². The SMILES string of the molecule is Cc1nc(N=NC(C(=O)Nc2ccccc2O)c2nc3ccccc3c(=O)[nH]2)sc1C#N. The number of carbonyl (C=O) groups is 1. The van der Waals surface area contributed by atoms with Gasteiger partial charge in [-0.1, -0.05) is 35.6 Å². The van der Waals surface area contributed by atoms with Crippen molar-refractivity contribution < 1.29 is 9.90 Å². The van der Waals surface area contributed by atoms with Gasteiger partial charge in [0.2, 0.25) is 11.2 Å². The number of anilines is 1. The quantitative estimate of drug-likeness (QED) is 0.314. The van der Waals surface area contributed by atoms with Gasteiger partial charge in [0, 0.05) is 0 Å². The second-order valence-electron chi connectivity index (χ2n) is 6.62. The highest BCUT2D eigenvalue weighted by molar-refractivity contribution is 7.15. The molecule has 4 aromatic rings. The molecule has 0 saturated carbocycles. The molecule has 158 valence electrons. The van der Waals surface area contributed by atoms with Crippen LogP contribution >= 0.6 is 11.3 Å². The van der Waals surface area contributed by atoms with Crippen LogP contribution in [-0.2, 0) is 4.79 Å². The van der Waals surface area contributed by atoms with Gasteiger partial charge in [0.25, 0.3) is 11.5 Å². The number of thiazole rings is 1. The van der Waals surface area contributed by atoms with E-state index in [1.807, 2.05) is 6.07 Å². The molecule has 3 N–H and O–H groups in total. The fourth-order valence-electron chi connectivity index (χ4n) is 2.88. The number of hydrogen-bond donors (Lipinski definition) is 3. The third-order valence-corrected chi connectivity index (χ3v) is 5.39. The van der Waals surface area contributed by atoms with Crippen LogP contribution in [0.2, 0.25) is 0 Å². The van der Waals surface area contributed by atoms with Gasteiger partial charge in [-0.05, 0) is 31.2 Å². The molecule has 0 spiro atoms. The monoisotopic (exact) mass is 445 g/mol. The summed E-state index contributed by atoms with van der Waals surface area (Å²) >= 11 is 1.02. The van der Waals surface area contributed by atoms with Crippen molar-refractivity contribution in [3.8, 4) is 11.8 Å². The molecule has 1 unspecified atom stereocenters. The molecule has 0 aliphatic rings. The normalized spacial score (nSPS) is 12.0. The van der Waals surface area contributed by atoms with Crippen molar-refractivity contribution in [1.29, 1.82) is 5.26 Å². The number of fused-ring (bicyclic) bond motifs is 1. The fourth-order valence-corrected chi connectivity index (χ4v) is 3.57. The number of phenols is 1. The highest BCUT2D eigenvalue weighted by Crippen LogP contribution is 2.28. The third kappa shape index (κ3) is 4.21. The number of aryl methyl sites for hydroxylation is 1. The number of hydrogen-bond acceptors (Lipinski definition) is 9. The van der Waals surface area contributed by atoms with Crippen LogP contribution in [0.3, 0.4) is 0 Å². The van der Waals surface area contributed by atoms with E-state index in [2.05, 4.69) is 30.5 Å². The first-order chi connectivity index (χ1) is 15.5. The molecular formula is C21H15N7O3S. The third-order valence-electron chi connectivity index (χ3n) is 4.45. The second-order valence-corrected chi connectivity index (χ2v) is 7.59. The summed E-state index contributed by atoms with van der Waals surface area (Å²) in [6.07, 6.45) is 0. The molecule has 11 heteroatoms. The van der Waals surface area contributed by atoms with E-state index in [0.717, 1.165) is 11.3 Å². The van der Waals surface area contributed by atoms with Gasteiger partial charge in [-0.2, -0.15) is 10.4 Å². The van der Waals surface area contributed by atoms with Gasteiger partial charge in [0.05, 0.1) is 22.3 Å². The number of aromatic amines is 1. The lowest BCUT2D eigenvalue weighted by atomic mass is 10.2. The molecule has 10 nitrogen and oxygen atoms in total. The van der Waals surface area contributed by atoms with Crippen LogP contribution in [0.5, 0.6) is 5.75 Å². The molecule has 1 atom stereocenters. The van der Waals surface area contributed by atoms with E-state index in [0.29, 0.717) is 21.5 Å². The number of aromatic nitrogens is 3. The molecule has 4 rings (SSSR count). The number of carbonyl (C=O) groups excluding carboxylic acids is 1. The Kier molecular flexibility index (Phi) is 5.69. The molecule has 0 aliphatic carbocycles. The van der Waals surface area contributed by atoms with Crippen LogP contribution in [0.1, 0.15) is 22.4 Å². The Morgan fingerprint density at radius 1 is 1.22 bits per heavy atom. The molecule has 1 amide bonds. The average Bonchev–Trinajstić information content (AvgIpc) is 3.15. The van der Waals surface area contributed by atoms with Gasteiger partial charge in [-0.25, -0.2) is 9.97 Å². The molecule has 0 bridgehead atoms. The molecule has 32 heavy (non-hydrogen) atoms. The summed E-state index contributed by atoms with van der Waals surface area (Å²) in [4.78, 5) is 37.0. The van der Waals surface area contributed by atoms with Crippen LogP contribution in [-0.4, -0.2) is 26.0 Å². The van der Waals surface area contributed by atoms with Gasteiger partial charge in [-0.15, -0.1) is 5.11 Å². The predicted octanol–water partition coefficient (Wildman–Crippen LogP) is 3.73. The summed E-state index contributed by atoms with van der Waals surface area (Å²) in [7, 11) is 0. The Morgan fingerprint density at radius 2 is 1.97 bits per heavy atom. The molecule has 0 aliphatic heterocycles. The summed E-state index contributed by atoms with van der Waals surface area (Å²) in [5, 5.41) is 30.3. The first-order valence-corrected chi connectivity index (χ1v) is 10.1. The number of azo groups is 1. The standard InChI is InChI=1S/C21H15N7O3S/c1-11-16(10-22)32-21(23-11)28-27-17(20(31)25-14-8-4-5-9-15(14)29)18-24-13-7-3-2-6-12(13)19(30)26-18/h2-9,17,29H,1H3,(H,25,31)(H,24,26,30). The lowest BCUT2D eigenvalue weighted by Crippen LogP contribution is -2.24. The van der Waals surface area contributed by atoms with Crippen LogP contribution in [0, 0.1) is 18.3 Å². The minimum absolute atomic E-state index is 0.0286. The Bertz CT molecular complexity index is 1450. The van der Waals surface area contributed by atoms with Crippen molar-refractivity contribution in [1.82, 2.24) is 15.0 Å². The Hall–Kier alpha value is -4.43. The molecular weight excluding hydrogens is 430 g/mol. The predicted molar refractivity (Wildman–Crippen MR) is 118 cm³/mol. The number of nitrogens with one attached hydrogen (secondary N) is 2. The molecule has 2 aromatic carbocycles. The summed E-state index contributed by atoms with van der Waals surface area (Å²) in [5.74, 6) is -0.840. The first-order valence-electron chi connectivity index (χ1n) is 9.32. The van der Waals surface area contributed by atoms with E-state index >= 15 is 0 Å². The van der Waals surface area contributed by atoms with Crippen molar-refractivity contribution in [2.45, 2.75) is 13.0 Å². The number of aromatic hydroxyl groups is 1. The van der Waals surface area contributed by atoms with E-state index < -0.39 is 17.5 Å². The maximum atomic E-state index is 13.1. The molecule has 0 saturated heterocycles. The number of rotatable bonds is 5. The average molecular weight is 445 g/mol. The van der Waals surface area contributed by atoms with Crippen LogP contribution in [0.15, 0.2) is 63.6 Å². The van der Waals surface area contributed by atoms with Gasteiger partial charge in [0.1, 0.15) is 22.5 Å². The zero-order valence-corrected chi connectivity index (χ0v) is 17.4. The topological polar surface area (TPSA) is 156 Å². The number of para-hydroxylation sites is 3. The maximum Gasteiger partial charge on any atom is 0.259 e. The largest absolute Gasteiger partial charge is 0.506 e. The number of benzene rings is 2. The van der Waals surface area contributed by atoms with Crippen LogP contribution in [0.4, 0.5) is 10.8 Å². The van der Waals surface area contributed by atoms with E-state index in [9.17, 15) is 14.7 Å². The zero-order chi connectivity index (χ0) is 22.7. The van der Waals surface area contributed by atoms with Crippen LogP contribution in [0.25, 0.3) is 10.9 Å². The molecule has 0 radical (unpaired) electrons. The molecule has 2 heterocycles. The lowest BCUT2D eigenvalue weighted by molar-refractivity contribution is -0.117. The number of H-pyrrole nitrogens is 1. The molecule has 0 fully saturated rings. The zero-order valence-electron chi connectivity index (χ0n) is 16.6. The summed E-state index contributed by atoms with van der Waals surface area (Å²) in [5.41, 5.74) is 0.619. The van der Waals surface area contributed by atoms with Crippen molar-refractivity contribution in [2.24, 2.45) is 10.2 Å². The van der Waals surface area contributed by atoms with E-state index in [4.69, 9.17) is 5.26 Å². The molecule has 2 aromatic heterocycles. The fraction of sp³-hybridized carbons (Fsp3) is 0.0952. The minimum Gasteiger partial charge on any atom is -0.506 e. The van der Waals surface area contributed by atoms with Gasteiger partial charge >= 0.3 is 0 Å². The van der Waals surface area contributed by atoms with E-state index in [1.165, 1.54) is 12.1 Å². The van der Waals surface area contributed by atoms with Crippen molar-refractivity contribution in [2.75, 3.05) is 5.32 Å². The smallest absolute Gasteiger partial charge is 0.259 e. The number of amides is 1.